The van der Waals surface area contributed by atoms with Crippen molar-refractivity contribution in [3.8, 4) is 0 Å². The average molecular weight is 305 g/mol. The van der Waals surface area contributed by atoms with Gasteiger partial charge >= 0.3 is 0 Å². The largest absolute Gasteiger partial charge is 0.392 e. The van der Waals surface area contributed by atoms with Crippen LogP contribution in [-0.2, 0) is 6.42 Å². The van der Waals surface area contributed by atoms with Crippen LogP contribution in [0.3, 0.4) is 0 Å². The molecule has 2 rings (SSSR count). The van der Waals surface area contributed by atoms with Crippen molar-refractivity contribution in [2.75, 3.05) is 0 Å². The van der Waals surface area contributed by atoms with Crippen LogP contribution in [0.4, 0.5) is 0 Å². The molecule has 0 amide bonds. The maximum absolute atomic E-state index is 10.3. The summed E-state index contributed by atoms with van der Waals surface area (Å²) in [6, 6.07) is 18.3. The monoisotopic (exact) mass is 304 g/mol. The molecular formula is C16H17BrO. The minimum Gasteiger partial charge on any atom is -0.392 e. The molecule has 0 fully saturated rings. The van der Waals surface area contributed by atoms with Gasteiger partial charge in [-0.25, -0.2) is 0 Å². The highest BCUT2D eigenvalue weighted by Crippen LogP contribution is 2.22. The average Bonchev–Trinajstić information content (AvgIpc) is 2.41. The van der Waals surface area contributed by atoms with Gasteiger partial charge in [0.25, 0.3) is 0 Å². The van der Waals surface area contributed by atoms with Crippen molar-refractivity contribution in [3.63, 3.8) is 0 Å². The highest BCUT2D eigenvalue weighted by atomic mass is 79.9. The standard InChI is InChI=1S/C16H17BrO/c1-12(14-5-3-2-4-6-14)16(18)11-13-7-9-15(17)10-8-13/h2-10,12,16,18H,11H2,1H3. The molecular weight excluding hydrogens is 288 g/mol. The van der Waals surface area contributed by atoms with Crippen molar-refractivity contribution in [1.29, 1.82) is 0 Å². The molecule has 0 aromatic heterocycles. The van der Waals surface area contributed by atoms with E-state index in [0.29, 0.717) is 6.42 Å². The molecule has 2 atom stereocenters. The number of rotatable bonds is 4. The molecule has 0 saturated heterocycles. The van der Waals surface area contributed by atoms with Gasteiger partial charge in [-0.15, -0.1) is 0 Å². The Morgan fingerprint density at radius 1 is 1.00 bits per heavy atom. The molecule has 0 saturated carbocycles. The molecule has 0 aliphatic rings. The fourth-order valence-corrected chi connectivity index (χ4v) is 2.28. The lowest BCUT2D eigenvalue weighted by molar-refractivity contribution is 0.149. The normalized spacial score (nSPS) is 14.2. The van der Waals surface area contributed by atoms with E-state index in [9.17, 15) is 5.11 Å². The van der Waals surface area contributed by atoms with Crippen molar-refractivity contribution >= 4 is 15.9 Å². The summed E-state index contributed by atoms with van der Waals surface area (Å²) in [4.78, 5) is 0. The van der Waals surface area contributed by atoms with Gasteiger partial charge < -0.3 is 5.11 Å². The van der Waals surface area contributed by atoms with E-state index >= 15 is 0 Å². The molecule has 18 heavy (non-hydrogen) atoms. The third-order valence-corrected chi connectivity index (χ3v) is 3.79. The Morgan fingerprint density at radius 2 is 1.61 bits per heavy atom. The topological polar surface area (TPSA) is 20.2 Å². The number of benzene rings is 2. The highest BCUT2D eigenvalue weighted by molar-refractivity contribution is 9.10. The first kappa shape index (κ1) is 13.3. The van der Waals surface area contributed by atoms with Gasteiger partial charge in [0.1, 0.15) is 0 Å². The minimum absolute atomic E-state index is 0.148. The first-order valence-electron chi connectivity index (χ1n) is 6.14. The second-order valence-corrected chi connectivity index (χ2v) is 5.51. The maximum atomic E-state index is 10.3. The van der Waals surface area contributed by atoms with Gasteiger partial charge in [0.15, 0.2) is 0 Å². The minimum atomic E-state index is -0.353. The molecule has 0 bridgehead atoms. The van der Waals surface area contributed by atoms with Gasteiger partial charge in [0.05, 0.1) is 6.10 Å². The fourth-order valence-electron chi connectivity index (χ4n) is 2.02. The molecule has 0 spiro atoms. The van der Waals surface area contributed by atoms with E-state index in [-0.39, 0.29) is 12.0 Å². The van der Waals surface area contributed by atoms with Gasteiger partial charge in [-0.2, -0.15) is 0 Å². The summed E-state index contributed by atoms with van der Waals surface area (Å²) in [5, 5.41) is 10.3. The van der Waals surface area contributed by atoms with Crippen molar-refractivity contribution in [2.45, 2.75) is 25.4 Å². The van der Waals surface area contributed by atoms with E-state index in [1.54, 1.807) is 0 Å². The zero-order chi connectivity index (χ0) is 13.0. The smallest absolute Gasteiger partial charge is 0.0646 e. The predicted octanol–water partition coefficient (Wildman–Crippen LogP) is 4.16. The van der Waals surface area contributed by atoms with E-state index in [4.69, 9.17) is 0 Å². The number of hydrogen-bond acceptors (Lipinski definition) is 1. The fraction of sp³-hybridized carbons (Fsp3) is 0.250. The SMILES string of the molecule is CC(c1ccccc1)C(O)Cc1ccc(Br)cc1. The van der Waals surface area contributed by atoms with Crippen LogP contribution in [-0.4, -0.2) is 11.2 Å². The molecule has 0 aliphatic carbocycles. The summed E-state index contributed by atoms with van der Waals surface area (Å²) in [5.74, 6) is 0.148. The van der Waals surface area contributed by atoms with Crippen LogP contribution in [0.2, 0.25) is 0 Å². The van der Waals surface area contributed by atoms with Crippen LogP contribution in [0.5, 0.6) is 0 Å². The summed E-state index contributed by atoms with van der Waals surface area (Å²) in [6.45, 7) is 2.07. The summed E-state index contributed by atoms with van der Waals surface area (Å²) < 4.78 is 1.07. The third-order valence-electron chi connectivity index (χ3n) is 3.26. The lowest BCUT2D eigenvalue weighted by Crippen LogP contribution is -2.18. The first-order valence-corrected chi connectivity index (χ1v) is 6.93. The molecule has 0 radical (unpaired) electrons. The number of hydrogen-bond donors (Lipinski definition) is 1. The highest BCUT2D eigenvalue weighted by Gasteiger charge is 2.16. The predicted molar refractivity (Wildman–Crippen MR) is 78.7 cm³/mol. The molecule has 2 heteroatoms. The van der Waals surface area contributed by atoms with Crippen LogP contribution in [0.15, 0.2) is 59.1 Å². The number of halogens is 1. The molecule has 2 aromatic rings. The van der Waals surface area contributed by atoms with Crippen molar-refractivity contribution < 1.29 is 5.11 Å². The Bertz CT molecular complexity index is 478. The third kappa shape index (κ3) is 3.44. The van der Waals surface area contributed by atoms with Crippen LogP contribution in [0, 0.1) is 0 Å². The van der Waals surface area contributed by atoms with Gasteiger partial charge in [0.2, 0.25) is 0 Å². The Balaban J connectivity index is 2.03. The second-order valence-electron chi connectivity index (χ2n) is 4.60. The molecule has 2 unspecified atom stereocenters. The maximum Gasteiger partial charge on any atom is 0.0646 e. The molecule has 2 aromatic carbocycles. The van der Waals surface area contributed by atoms with Crippen LogP contribution >= 0.6 is 15.9 Å². The van der Waals surface area contributed by atoms with E-state index in [1.807, 2.05) is 42.5 Å². The molecule has 0 heterocycles. The van der Waals surface area contributed by atoms with Crippen LogP contribution < -0.4 is 0 Å². The van der Waals surface area contributed by atoms with Crippen molar-refractivity contribution in [3.05, 3.63) is 70.2 Å². The Labute approximate surface area is 117 Å². The van der Waals surface area contributed by atoms with Gasteiger partial charge in [0, 0.05) is 10.4 Å². The van der Waals surface area contributed by atoms with E-state index in [0.717, 1.165) is 10.0 Å². The summed E-state index contributed by atoms with van der Waals surface area (Å²) in [5.41, 5.74) is 2.34. The zero-order valence-electron chi connectivity index (χ0n) is 10.4. The molecule has 1 nitrogen and oxygen atoms in total. The lowest BCUT2D eigenvalue weighted by atomic mass is 9.91. The Morgan fingerprint density at radius 3 is 2.22 bits per heavy atom. The lowest BCUT2D eigenvalue weighted by Gasteiger charge is -2.19. The second kappa shape index (κ2) is 6.17. The molecule has 0 aliphatic heterocycles. The van der Waals surface area contributed by atoms with Crippen molar-refractivity contribution in [1.82, 2.24) is 0 Å². The summed E-state index contributed by atoms with van der Waals surface area (Å²) in [7, 11) is 0. The van der Waals surface area contributed by atoms with E-state index in [2.05, 4.69) is 35.0 Å². The summed E-state index contributed by atoms with van der Waals surface area (Å²) in [6.07, 6.45) is 0.331. The van der Waals surface area contributed by atoms with E-state index in [1.165, 1.54) is 5.56 Å². The molecule has 94 valence electrons. The quantitative estimate of drug-likeness (QED) is 0.899. The number of aliphatic hydroxyl groups excluding tert-OH is 1. The zero-order valence-corrected chi connectivity index (χ0v) is 12.0. The van der Waals surface area contributed by atoms with Gasteiger partial charge in [-0.05, 0) is 29.7 Å². The summed E-state index contributed by atoms with van der Waals surface area (Å²) >= 11 is 3.41. The van der Waals surface area contributed by atoms with E-state index < -0.39 is 0 Å². The Hall–Kier alpha value is -1.12. The van der Waals surface area contributed by atoms with Crippen LogP contribution in [0.25, 0.3) is 0 Å². The van der Waals surface area contributed by atoms with Crippen LogP contribution in [0.1, 0.15) is 24.0 Å². The van der Waals surface area contributed by atoms with Crippen molar-refractivity contribution in [2.24, 2.45) is 0 Å². The van der Waals surface area contributed by atoms with Gasteiger partial charge in [-0.1, -0.05) is 65.3 Å². The first-order chi connectivity index (χ1) is 8.66. The molecule has 1 N–H and O–H groups in total. The Kier molecular flexibility index (Phi) is 4.56. The van der Waals surface area contributed by atoms with Gasteiger partial charge in [-0.3, -0.25) is 0 Å². The number of aliphatic hydroxyl groups is 1.